The average molecular weight is 484 g/mol. The van der Waals surface area contributed by atoms with Crippen molar-refractivity contribution in [1.29, 1.82) is 0 Å². The molecule has 0 unspecified atom stereocenters. The van der Waals surface area contributed by atoms with Crippen LogP contribution in [0.3, 0.4) is 0 Å². The smallest absolute Gasteiger partial charge is 0.289 e. The van der Waals surface area contributed by atoms with Crippen LogP contribution in [0.15, 0.2) is 54.0 Å². The van der Waals surface area contributed by atoms with Crippen LogP contribution in [0.2, 0.25) is 0 Å². The van der Waals surface area contributed by atoms with E-state index in [1.54, 1.807) is 29.5 Å². The van der Waals surface area contributed by atoms with Crippen LogP contribution in [-0.2, 0) is 5.54 Å². The Morgan fingerprint density at radius 3 is 2.50 bits per heavy atom. The molecule has 0 aliphatic heterocycles. The Kier molecular flexibility index (Phi) is 5.24. The van der Waals surface area contributed by atoms with Crippen LogP contribution < -0.4 is 10.9 Å². The number of hydrogen-bond donors (Lipinski definition) is 1. The summed E-state index contributed by atoms with van der Waals surface area (Å²) in [5.41, 5.74) is 2.56. The lowest BCUT2D eigenvalue weighted by Crippen LogP contribution is -2.36. The van der Waals surface area contributed by atoms with Crippen molar-refractivity contribution < 1.29 is 4.79 Å². The zero-order valence-electron chi connectivity index (χ0n) is 20.7. The molecule has 4 aromatic rings. The molecule has 184 valence electrons. The number of carbonyl (C=O) groups excluding carboxylic acids is 1. The van der Waals surface area contributed by atoms with Gasteiger partial charge in [0, 0.05) is 18.4 Å². The number of rotatable bonds is 7. The minimum atomic E-state index is -0.442. The van der Waals surface area contributed by atoms with E-state index in [2.05, 4.69) is 32.3 Å². The van der Waals surface area contributed by atoms with Gasteiger partial charge < -0.3 is 5.32 Å². The molecule has 6 rings (SSSR count). The van der Waals surface area contributed by atoms with Crippen LogP contribution in [0.5, 0.6) is 0 Å². The van der Waals surface area contributed by atoms with Gasteiger partial charge in [-0.25, -0.2) is 19.6 Å². The molecule has 0 saturated heterocycles. The molecular weight excluding hydrogens is 454 g/mol. The summed E-state index contributed by atoms with van der Waals surface area (Å²) in [6.45, 7) is 6.06. The third-order valence-electron chi connectivity index (χ3n) is 7.49. The molecule has 2 saturated carbocycles. The largest absolute Gasteiger partial charge is 0.340 e. The van der Waals surface area contributed by atoms with E-state index in [4.69, 9.17) is 0 Å². The highest BCUT2D eigenvalue weighted by Gasteiger charge is 2.46. The molecule has 3 aromatic heterocycles. The van der Waals surface area contributed by atoms with Gasteiger partial charge in [0.05, 0.1) is 35.1 Å². The predicted molar refractivity (Wildman–Crippen MR) is 135 cm³/mol. The van der Waals surface area contributed by atoms with E-state index in [0.717, 1.165) is 29.4 Å². The Labute approximate surface area is 208 Å². The highest BCUT2D eigenvalue weighted by Crippen LogP contribution is 2.46. The highest BCUT2D eigenvalue weighted by atomic mass is 16.2. The van der Waals surface area contributed by atoms with Crippen molar-refractivity contribution in [3.8, 4) is 11.1 Å². The average Bonchev–Trinajstić information content (AvgIpc) is 3.81. The van der Waals surface area contributed by atoms with E-state index in [9.17, 15) is 9.59 Å². The molecule has 9 nitrogen and oxygen atoms in total. The van der Waals surface area contributed by atoms with Gasteiger partial charge in [-0.2, -0.15) is 5.10 Å². The highest BCUT2D eigenvalue weighted by molar-refractivity contribution is 5.93. The quantitative estimate of drug-likeness (QED) is 0.425. The molecule has 2 fully saturated rings. The van der Waals surface area contributed by atoms with Gasteiger partial charge in [0.15, 0.2) is 5.65 Å². The maximum atomic E-state index is 13.2. The van der Waals surface area contributed by atoms with E-state index in [0.29, 0.717) is 17.1 Å². The van der Waals surface area contributed by atoms with Crippen molar-refractivity contribution in [2.75, 3.05) is 0 Å². The van der Waals surface area contributed by atoms with E-state index in [1.807, 2.05) is 42.8 Å². The Morgan fingerprint density at radius 2 is 1.83 bits per heavy atom. The molecular formula is C27H29N7O2. The zero-order valence-corrected chi connectivity index (χ0v) is 20.7. The first-order chi connectivity index (χ1) is 17.4. The fourth-order valence-electron chi connectivity index (χ4n) is 4.87. The molecule has 1 atom stereocenters. The normalized spacial score (nSPS) is 17.3. The summed E-state index contributed by atoms with van der Waals surface area (Å²) in [6, 6.07) is 8.09. The topological polar surface area (TPSA) is 108 Å². The number of carbonyl (C=O) groups is 1. The summed E-state index contributed by atoms with van der Waals surface area (Å²) in [5, 5.41) is 8.50. The lowest BCUT2D eigenvalue weighted by atomic mass is 10.0. The lowest BCUT2D eigenvalue weighted by Gasteiger charge is -2.18. The second kappa shape index (κ2) is 8.36. The first-order valence-corrected chi connectivity index (χ1v) is 12.6. The van der Waals surface area contributed by atoms with Crippen molar-refractivity contribution in [2.45, 2.75) is 64.1 Å². The molecule has 0 radical (unpaired) electrons. The number of benzene rings is 1. The maximum absolute atomic E-state index is 13.2. The SMILES string of the molecule is CC(C)n1cncc(-c2ccc(C3(NC(=O)c4ncc5cnn([C@H](C)C6CC6)c5n4)CC3)cc2)c1=O. The van der Waals surface area contributed by atoms with Gasteiger partial charge in [-0.1, -0.05) is 24.3 Å². The lowest BCUT2D eigenvalue weighted by molar-refractivity contribution is 0.0920. The zero-order chi connectivity index (χ0) is 25.0. The van der Waals surface area contributed by atoms with Crippen LogP contribution >= 0.6 is 0 Å². The fraction of sp³-hybridized carbons (Fsp3) is 0.407. The van der Waals surface area contributed by atoms with Crippen molar-refractivity contribution in [2.24, 2.45) is 5.92 Å². The van der Waals surface area contributed by atoms with Gasteiger partial charge in [-0.05, 0) is 63.5 Å². The molecule has 9 heteroatoms. The molecule has 2 aliphatic rings. The molecule has 0 bridgehead atoms. The van der Waals surface area contributed by atoms with E-state index < -0.39 is 5.54 Å². The minimum Gasteiger partial charge on any atom is -0.340 e. The van der Waals surface area contributed by atoms with E-state index in [-0.39, 0.29) is 29.4 Å². The number of fused-ring (bicyclic) bond motifs is 1. The third kappa shape index (κ3) is 3.88. The van der Waals surface area contributed by atoms with Gasteiger partial charge in [-0.15, -0.1) is 0 Å². The standard InChI is InChI=1S/C27H29N7O2/c1-16(2)33-15-28-14-22(26(33)36)19-6-8-21(9-7-19)27(10-11-27)32-25(35)23-29-12-20-13-30-34(24(20)31-23)17(3)18-4-5-18/h6-9,12-18H,4-5,10-11H2,1-3H3,(H,32,35)/t17-/m1/s1. The van der Waals surface area contributed by atoms with Gasteiger partial charge in [0.2, 0.25) is 5.82 Å². The number of aromatic nitrogens is 6. The summed E-state index contributed by atoms with van der Waals surface area (Å²) in [5.74, 6) is 0.482. The molecule has 1 aromatic carbocycles. The number of nitrogens with one attached hydrogen (secondary N) is 1. The van der Waals surface area contributed by atoms with Crippen molar-refractivity contribution in [3.05, 3.63) is 70.9 Å². The van der Waals surface area contributed by atoms with Gasteiger partial charge in [0.1, 0.15) is 0 Å². The minimum absolute atomic E-state index is 0.0335. The van der Waals surface area contributed by atoms with Crippen LogP contribution in [0, 0.1) is 5.92 Å². The van der Waals surface area contributed by atoms with Crippen molar-refractivity contribution in [3.63, 3.8) is 0 Å². The molecule has 36 heavy (non-hydrogen) atoms. The summed E-state index contributed by atoms with van der Waals surface area (Å²) in [4.78, 5) is 39.2. The Morgan fingerprint density at radius 1 is 1.08 bits per heavy atom. The summed E-state index contributed by atoms with van der Waals surface area (Å²) >= 11 is 0. The van der Waals surface area contributed by atoms with Crippen molar-refractivity contribution >= 4 is 16.9 Å². The number of amides is 1. The molecule has 1 N–H and O–H groups in total. The van der Waals surface area contributed by atoms with Crippen LogP contribution in [-0.4, -0.2) is 35.2 Å². The molecule has 3 heterocycles. The molecule has 0 spiro atoms. The van der Waals surface area contributed by atoms with Crippen LogP contribution in [0.25, 0.3) is 22.2 Å². The maximum Gasteiger partial charge on any atom is 0.289 e. The number of nitrogens with zero attached hydrogens (tertiary/aromatic N) is 6. The summed E-state index contributed by atoms with van der Waals surface area (Å²) in [6.07, 6.45) is 10.7. The Balaban J connectivity index is 1.23. The monoisotopic (exact) mass is 483 g/mol. The molecule has 1 amide bonds. The van der Waals surface area contributed by atoms with Gasteiger partial charge in [0.25, 0.3) is 11.5 Å². The van der Waals surface area contributed by atoms with E-state index >= 15 is 0 Å². The van der Waals surface area contributed by atoms with Gasteiger partial charge >= 0.3 is 0 Å². The Bertz CT molecular complexity index is 1510. The number of hydrogen-bond acceptors (Lipinski definition) is 6. The Hall–Kier alpha value is -3.88. The predicted octanol–water partition coefficient (Wildman–Crippen LogP) is 4.02. The third-order valence-corrected chi connectivity index (χ3v) is 7.49. The van der Waals surface area contributed by atoms with E-state index in [1.165, 1.54) is 12.8 Å². The molecule has 2 aliphatic carbocycles. The first-order valence-electron chi connectivity index (χ1n) is 12.6. The van der Waals surface area contributed by atoms with Crippen LogP contribution in [0.4, 0.5) is 0 Å². The first kappa shape index (κ1) is 22.6. The summed E-state index contributed by atoms with van der Waals surface area (Å²) < 4.78 is 3.54. The summed E-state index contributed by atoms with van der Waals surface area (Å²) in [7, 11) is 0. The second-order valence-corrected chi connectivity index (χ2v) is 10.4. The van der Waals surface area contributed by atoms with Crippen LogP contribution in [0.1, 0.15) is 74.7 Å². The second-order valence-electron chi connectivity index (χ2n) is 10.4. The fourth-order valence-corrected chi connectivity index (χ4v) is 4.87. The van der Waals surface area contributed by atoms with Crippen molar-refractivity contribution in [1.82, 2.24) is 34.6 Å². The van der Waals surface area contributed by atoms with Gasteiger partial charge in [-0.3, -0.25) is 14.2 Å².